The first kappa shape index (κ1) is 77.7. The molecular formula is C51H86O43. The van der Waals surface area contributed by atoms with Crippen molar-refractivity contribution in [3.63, 3.8) is 0 Å². The Balaban J connectivity index is 0.919. The average molecular weight is 1390 g/mol. The number of carbonyl (C=O) groups excluding carboxylic acids is 1. The summed E-state index contributed by atoms with van der Waals surface area (Å²) in [6.07, 6.45) is -78.8. The molecule has 43 heteroatoms. The molecule has 26 N–H and O–H groups in total. The number of ether oxygens (including phenoxy) is 16. The van der Waals surface area contributed by atoms with Crippen LogP contribution in [0.25, 0.3) is 0 Å². The molecule has 0 saturated carbocycles. The van der Waals surface area contributed by atoms with E-state index in [0.717, 1.165) is 0 Å². The number of aliphatic hydroxyl groups excluding tert-OH is 26. The molecule has 8 saturated heterocycles. The molecule has 8 heterocycles. The number of carbonyl (C=O) groups is 1. The van der Waals surface area contributed by atoms with Gasteiger partial charge in [-0.3, -0.25) is 0 Å². The van der Waals surface area contributed by atoms with Gasteiger partial charge in [0.15, 0.2) is 56.6 Å². The number of aliphatic hydroxyl groups is 26. The van der Waals surface area contributed by atoms with E-state index in [4.69, 9.17) is 75.8 Å². The molecule has 0 unspecified atom stereocenters. The van der Waals surface area contributed by atoms with Crippen LogP contribution >= 0.6 is 0 Å². The maximum atomic E-state index is 11.6. The minimum Gasteiger partial charge on any atom is -0.394 e. The molecule has 0 aromatic heterocycles. The van der Waals surface area contributed by atoms with Crippen molar-refractivity contribution < 1.29 is 213 Å². The zero-order valence-electron chi connectivity index (χ0n) is 49.2. The Morgan fingerprint density at radius 1 is 0.277 bits per heavy atom. The first-order chi connectivity index (χ1) is 44.5. The van der Waals surface area contributed by atoms with Crippen LogP contribution in [0.5, 0.6) is 0 Å². The Kier molecular flexibility index (Phi) is 28.2. The monoisotopic (exact) mass is 1390 g/mol. The van der Waals surface area contributed by atoms with Crippen molar-refractivity contribution in [1.29, 1.82) is 0 Å². The van der Waals surface area contributed by atoms with Crippen LogP contribution in [-0.4, -0.2) is 450 Å². The summed E-state index contributed by atoms with van der Waals surface area (Å²) in [5.41, 5.74) is 0. The van der Waals surface area contributed by atoms with Crippen LogP contribution in [0.3, 0.4) is 0 Å². The van der Waals surface area contributed by atoms with Gasteiger partial charge in [0.2, 0.25) is 0 Å². The topological polar surface area (TPSA) is 691 Å². The molecule has 8 fully saturated rings. The van der Waals surface area contributed by atoms with Gasteiger partial charge in [-0.15, -0.1) is 0 Å². The van der Waals surface area contributed by atoms with Gasteiger partial charge in [0.1, 0.15) is 201 Å². The summed E-state index contributed by atoms with van der Waals surface area (Å²) in [7, 11) is 0. The van der Waals surface area contributed by atoms with E-state index in [1.54, 1.807) is 0 Å². The van der Waals surface area contributed by atoms with Gasteiger partial charge in [0.05, 0.1) is 59.5 Å². The molecule has 0 aliphatic carbocycles. The minimum absolute atomic E-state index is 0.149. The second-order valence-electron chi connectivity index (χ2n) is 23.6. The van der Waals surface area contributed by atoms with Gasteiger partial charge >= 0.3 is 0 Å². The van der Waals surface area contributed by atoms with Crippen LogP contribution in [0, 0.1) is 0 Å². The largest absolute Gasteiger partial charge is 0.394 e. The highest BCUT2D eigenvalue weighted by molar-refractivity contribution is 5.56. The summed E-state index contributed by atoms with van der Waals surface area (Å²) in [6.45, 7) is -7.86. The molecule has 94 heavy (non-hydrogen) atoms. The molecule has 0 spiro atoms. The first-order valence-electron chi connectivity index (χ1n) is 29.7. The summed E-state index contributed by atoms with van der Waals surface area (Å²) in [5.74, 6) is 0. The van der Waals surface area contributed by atoms with Gasteiger partial charge in [-0.1, -0.05) is 0 Å². The Morgan fingerprint density at radius 2 is 0.511 bits per heavy atom. The molecule has 0 aromatic carbocycles. The molecule has 41 atom stereocenters. The van der Waals surface area contributed by atoms with Gasteiger partial charge in [0.25, 0.3) is 0 Å². The van der Waals surface area contributed by atoms with Crippen LogP contribution in [0.15, 0.2) is 0 Å². The summed E-state index contributed by atoms with van der Waals surface area (Å²) < 4.78 is 89.6. The fraction of sp³-hybridized carbons (Fsp3) is 0.980. The van der Waals surface area contributed by atoms with Crippen LogP contribution in [0.1, 0.15) is 0 Å². The third kappa shape index (κ3) is 17.1. The standard InChI is InChI=1S/C51H86O43/c52-1-11(56)21(58)22(59)12(57)5-79-50-42(93-48-37(74)25(62)15(4-55)87-48)34(71)28(65)18(91-50)8-83-47-40(77)32(69)26(63)16(88-47)6-82-46-41(78)33(70)27(64)17(89-46)10-84-51-43(35(72)29(66)19(92-51)7-81-45-39(76)31(68)23(60)13(2-53)85-45)94-49-38(75)30(67)20(90-49)9-80-44-36(73)24(61)14(3-54)86-44/h1,11-51,53-78H,2-10H2/t11-,12+,13+,14-,15-,16+,17+,18+,19+,20-,21+,22-,23-,24-,25-,26-,27-,28-,29-,30-,31-,32-,33-,34-,35-,36+,37+,38+,39+,40+,41+,42+,43+,44+,45+,46+,47+,48-,49-,50+,51+/m0/s1. The molecule has 8 rings (SSSR count). The smallest absolute Gasteiger partial charge is 0.187 e. The molecule has 0 aromatic rings. The summed E-state index contributed by atoms with van der Waals surface area (Å²) in [4.78, 5) is 11.0. The van der Waals surface area contributed by atoms with Crippen molar-refractivity contribution in [2.24, 2.45) is 0 Å². The number of hydrogen-bond donors (Lipinski definition) is 26. The molecule has 0 amide bonds. The van der Waals surface area contributed by atoms with Crippen molar-refractivity contribution in [3.8, 4) is 0 Å². The summed E-state index contributed by atoms with van der Waals surface area (Å²) >= 11 is 0. The van der Waals surface area contributed by atoms with Gasteiger partial charge in [-0.2, -0.15) is 0 Å². The Hall–Kier alpha value is -2.01. The SMILES string of the molecule is O=C[C@H](O)[C@@H](O)[C@@H](O)[C@H](O)CO[C@@H]1O[C@H](CO[C@@H]2O[C@H](CO[C@@H]3O[C@H](CO[C@@H]4O[C@H](CO[C@@H]5O[C@H](CO)[C@H](O)[C@H](O)[C@H]5O)[C@H](O)[C@H](O)[C@H]4O[C@@H]4O[C@@H](CO[C@@H]5O[C@@H](CO)[C@H](O)[C@H]5O)[C@H](O)[C@H]4O)[C@H](O)[C@H](O)[C@H]3O)[C@H](O)[C@H](O)[C@H]2O)[C@H](O)[C@H](O)[C@H]1O[C@@H]1O[C@@H](CO)[C@H](O)[C@H]1O. The maximum Gasteiger partial charge on any atom is 0.187 e. The lowest BCUT2D eigenvalue weighted by atomic mass is 9.97. The van der Waals surface area contributed by atoms with E-state index in [-0.39, 0.29) is 6.29 Å². The quantitative estimate of drug-likeness (QED) is 0.0309. The van der Waals surface area contributed by atoms with Crippen molar-refractivity contribution in [3.05, 3.63) is 0 Å². The summed E-state index contributed by atoms with van der Waals surface area (Å²) in [6, 6.07) is 0. The second kappa shape index (κ2) is 34.1. The molecule has 43 nitrogen and oxygen atoms in total. The van der Waals surface area contributed by atoms with Crippen LogP contribution in [0.2, 0.25) is 0 Å². The highest BCUT2D eigenvalue weighted by Crippen LogP contribution is 2.36. The van der Waals surface area contributed by atoms with Crippen molar-refractivity contribution in [1.82, 2.24) is 0 Å². The van der Waals surface area contributed by atoms with Gasteiger partial charge < -0.3 is 213 Å². The zero-order valence-corrected chi connectivity index (χ0v) is 49.2. The van der Waals surface area contributed by atoms with E-state index in [2.05, 4.69) is 0 Å². The number of rotatable bonds is 29. The van der Waals surface area contributed by atoms with Crippen molar-refractivity contribution in [2.45, 2.75) is 252 Å². The van der Waals surface area contributed by atoms with Crippen LogP contribution in [0.4, 0.5) is 0 Å². The predicted octanol–water partition coefficient (Wildman–Crippen LogP) is -18.9. The lowest BCUT2D eigenvalue weighted by Crippen LogP contribution is -2.64. The highest BCUT2D eigenvalue weighted by Gasteiger charge is 2.57. The minimum atomic E-state index is -2.26. The fourth-order valence-electron chi connectivity index (χ4n) is 11.2. The van der Waals surface area contributed by atoms with Gasteiger partial charge in [0, 0.05) is 0 Å². The number of aldehydes is 1. The Morgan fingerprint density at radius 3 is 0.851 bits per heavy atom. The van der Waals surface area contributed by atoms with Crippen molar-refractivity contribution >= 4 is 6.29 Å². The van der Waals surface area contributed by atoms with E-state index in [9.17, 15) is 138 Å². The maximum absolute atomic E-state index is 11.6. The fourth-order valence-corrected chi connectivity index (χ4v) is 11.2. The normalized spacial score (nSPS) is 50.0. The van der Waals surface area contributed by atoms with Crippen LogP contribution < -0.4 is 0 Å². The molecule has 548 valence electrons. The lowest BCUT2D eigenvalue weighted by molar-refractivity contribution is -0.363. The van der Waals surface area contributed by atoms with E-state index in [1.165, 1.54) is 0 Å². The molecular weight excluding hydrogens is 1300 g/mol. The first-order valence-corrected chi connectivity index (χ1v) is 29.7. The zero-order chi connectivity index (χ0) is 69.1. The van der Waals surface area contributed by atoms with Crippen LogP contribution in [-0.2, 0) is 80.6 Å². The van der Waals surface area contributed by atoms with Gasteiger partial charge in [-0.25, -0.2) is 0 Å². The summed E-state index contributed by atoms with van der Waals surface area (Å²) in [5, 5.41) is 275. The van der Waals surface area contributed by atoms with Gasteiger partial charge in [-0.05, 0) is 0 Å². The molecule has 0 radical (unpaired) electrons. The second-order valence-corrected chi connectivity index (χ2v) is 23.6. The third-order valence-corrected chi connectivity index (χ3v) is 17.2. The molecule has 8 aliphatic heterocycles. The highest BCUT2D eigenvalue weighted by atomic mass is 16.8. The molecule has 8 aliphatic rings. The molecule has 0 bridgehead atoms. The van der Waals surface area contributed by atoms with E-state index in [0.29, 0.717) is 0 Å². The lowest BCUT2D eigenvalue weighted by Gasteiger charge is -2.45. The number of hydrogen-bond acceptors (Lipinski definition) is 43. The van der Waals surface area contributed by atoms with Crippen molar-refractivity contribution in [2.75, 3.05) is 59.5 Å². The van der Waals surface area contributed by atoms with E-state index < -0.39 is 311 Å². The Labute approximate surface area is 530 Å². The van der Waals surface area contributed by atoms with E-state index >= 15 is 0 Å². The Bertz CT molecular complexity index is 2280. The van der Waals surface area contributed by atoms with E-state index in [1.807, 2.05) is 0 Å². The third-order valence-electron chi connectivity index (χ3n) is 17.2. The average Bonchev–Trinajstić information content (AvgIpc) is 1.12. The predicted molar refractivity (Wildman–Crippen MR) is 280 cm³/mol.